The predicted octanol–water partition coefficient (Wildman–Crippen LogP) is 5.20. The van der Waals surface area contributed by atoms with Crippen LogP contribution in [-0.2, 0) is 55.6 Å². The second kappa shape index (κ2) is 22.9. The van der Waals surface area contributed by atoms with Gasteiger partial charge in [0.25, 0.3) is 0 Å². The standard InChI is InChI=1S/C25H31O9P.C11H23O7P/c1-4-30-35(28,31-5-2)17-16-20-21(33-23(26)18-12-8-6-9-13-18)22(25(29-3)32-20)34-24(27)19-14-10-7-11-15-19;1-4-16-19(14,17-5-2)7-6-8-9(12)10(13)11(15-3)18-8/h6-15,20-22,25H,4-5,16-17H2,1-3H3;8-13H,4-7H2,1-3H3/t20-,21-,22-,25?;8-,9-,10-,11?/m11/s1. The molecule has 0 spiro atoms. The van der Waals surface area contributed by atoms with Gasteiger partial charge in [0.1, 0.15) is 18.3 Å². The van der Waals surface area contributed by atoms with E-state index in [0.29, 0.717) is 11.1 Å². The summed E-state index contributed by atoms with van der Waals surface area (Å²) in [6.45, 7) is 7.92. The van der Waals surface area contributed by atoms with E-state index in [-0.39, 0.29) is 51.6 Å². The van der Waals surface area contributed by atoms with Gasteiger partial charge in [-0.05, 0) is 64.8 Å². The molecule has 18 heteroatoms. The van der Waals surface area contributed by atoms with E-state index in [2.05, 4.69) is 0 Å². The second-order valence-electron chi connectivity index (χ2n) is 11.9. The Morgan fingerprint density at radius 2 is 0.981 bits per heavy atom. The van der Waals surface area contributed by atoms with E-state index in [1.165, 1.54) is 14.2 Å². The Morgan fingerprint density at radius 3 is 1.37 bits per heavy atom. The molecule has 2 aromatic rings. The fourth-order valence-corrected chi connectivity index (χ4v) is 9.13. The van der Waals surface area contributed by atoms with Crippen molar-refractivity contribution in [3.63, 3.8) is 0 Å². The van der Waals surface area contributed by atoms with Crippen molar-refractivity contribution in [2.75, 3.05) is 53.0 Å². The Morgan fingerprint density at radius 1 is 0.593 bits per heavy atom. The van der Waals surface area contributed by atoms with Crippen molar-refractivity contribution in [1.82, 2.24) is 0 Å². The first-order valence-electron chi connectivity index (χ1n) is 17.9. The highest BCUT2D eigenvalue weighted by Crippen LogP contribution is 2.50. The topological polar surface area (TPSA) is 201 Å². The average Bonchev–Trinajstić information content (AvgIpc) is 3.64. The van der Waals surface area contributed by atoms with Crippen molar-refractivity contribution in [2.45, 2.75) is 89.7 Å². The summed E-state index contributed by atoms with van der Waals surface area (Å²) in [7, 11) is -3.76. The number of esters is 2. The van der Waals surface area contributed by atoms with Crippen LogP contribution in [0.15, 0.2) is 60.7 Å². The molecule has 0 bridgehead atoms. The maximum atomic E-state index is 13.0. The van der Waals surface area contributed by atoms with E-state index in [4.69, 9.17) is 46.5 Å². The zero-order valence-corrected chi connectivity index (χ0v) is 33.3. The van der Waals surface area contributed by atoms with Crippen LogP contribution < -0.4 is 0 Å². The summed E-state index contributed by atoms with van der Waals surface area (Å²) in [6.07, 6.45) is -6.97. The lowest BCUT2D eigenvalue weighted by atomic mass is 10.1. The summed E-state index contributed by atoms with van der Waals surface area (Å²) in [6, 6.07) is 16.9. The molecule has 0 amide bonds. The Hall–Kier alpha value is -2.56. The lowest BCUT2D eigenvalue weighted by Gasteiger charge is -2.25. The van der Waals surface area contributed by atoms with Crippen molar-refractivity contribution >= 4 is 27.1 Å². The number of carbonyl (C=O) groups excluding carboxylic acids is 2. The van der Waals surface area contributed by atoms with Gasteiger partial charge in [-0.3, -0.25) is 9.13 Å². The van der Waals surface area contributed by atoms with Crippen LogP contribution in [0.25, 0.3) is 0 Å². The first kappa shape index (κ1) is 45.8. The van der Waals surface area contributed by atoms with Crippen molar-refractivity contribution in [3.8, 4) is 0 Å². The second-order valence-corrected chi connectivity index (χ2v) is 16.3. The summed E-state index contributed by atoms with van der Waals surface area (Å²) in [5, 5.41) is 19.4. The van der Waals surface area contributed by atoms with Gasteiger partial charge in [-0.15, -0.1) is 0 Å². The monoisotopic (exact) mass is 804 g/mol. The number of rotatable bonds is 20. The van der Waals surface area contributed by atoms with Crippen LogP contribution in [-0.4, -0.2) is 124 Å². The molecule has 2 heterocycles. The number of aliphatic hydroxyl groups excluding tert-OH is 2. The fourth-order valence-electron chi connectivity index (χ4n) is 5.75. The van der Waals surface area contributed by atoms with E-state index in [0.717, 1.165) is 0 Å². The van der Waals surface area contributed by atoms with Crippen LogP contribution in [0.3, 0.4) is 0 Å². The van der Waals surface area contributed by atoms with Crippen molar-refractivity contribution in [1.29, 1.82) is 0 Å². The van der Waals surface area contributed by atoms with E-state index < -0.39 is 76.3 Å². The van der Waals surface area contributed by atoms with Crippen LogP contribution >= 0.6 is 15.2 Å². The molecule has 8 atom stereocenters. The van der Waals surface area contributed by atoms with Crippen molar-refractivity contribution in [3.05, 3.63) is 71.8 Å². The molecule has 2 fully saturated rings. The third-order valence-corrected chi connectivity index (χ3v) is 12.5. The molecule has 0 saturated carbocycles. The third kappa shape index (κ3) is 13.3. The lowest BCUT2D eigenvalue weighted by molar-refractivity contribution is -0.150. The highest BCUT2D eigenvalue weighted by atomic mass is 31.2. The molecular formula is C36H54O16P2. The van der Waals surface area contributed by atoms with E-state index in [9.17, 15) is 28.9 Å². The highest BCUT2D eigenvalue weighted by molar-refractivity contribution is 7.54. The predicted molar refractivity (Wildman–Crippen MR) is 195 cm³/mol. The Balaban J connectivity index is 0.000000349. The van der Waals surface area contributed by atoms with Gasteiger partial charge in [0, 0.05) is 14.2 Å². The van der Waals surface area contributed by atoms with Crippen molar-refractivity contribution in [2.24, 2.45) is 0 Å². The Kier molecular flexibility index (Phi) is 19.4. The number of methoxy groups -OCH3 is 2. The minimum atomic E-state index is -3.38. The zero-order valence-electron chi connectivity index (χ0n) is 31.6. The average molecular weight is 805 g/mol. The van der Waals surface area contributed by atoms with E-state index in [1.54, 1.807) is 88.4 Å². The smallest absolute Gasteiger partial charge is 0.338 e. The molecule has 2 N–H and O–H groups in total. The van der Waals surface area contributed by atoms with Crippen molar-refractivity contribution < 1.29 is 75.4 Å². The van der Waals surface area contributed by atoms with Crippen LogP contribution in [0, 0.1) is 0 Å². The van der Waals surface area contributed by atoms with Gasteiger partial charge in [0.2, 0.25) is 0 Å². The molecule has 2 aromatic carbocycles. The number of aliphatic hydroxyl groups is 2. The maximum Gasteiger partial charge on any atom is 0.338 e. The summed E-state index contributed by atoms with van der Waals surface area (Å²) < 4.78 is 79.3. The van der Waals surface area contributed by atoms with Gasteiger partial charge in [0.05, 0.1) is 56.0 Å². The van der Waals surface area contributed by atoms with Crippen LogP contribution in [0.5, 0.6) is 0 Å². The summed E-state index contributed by atoms with van der Waals surface area (Å²) >= 11 is 0. The molecular weight excluding hydrogens is 750 g/mol. The number of ether oxygens (including phenoxy) is 6. The molecule has 16 nitrogen and oxygen atoms in total. The highest BCUT2D eigenvalue weighted by Gasteiger charge is 2.51. The molecule has 54 heavy (non-hydrogen) atoms. The van der Waals surface area contributed by atoms with Gasteiger partial charge in [0.15, 0.2) is 24.8 Å². The number of hydrogen-bond donors (Lipinski definition) is 2. The zero-order chi connectivity index (χ0) is 39.7. The van der Waals surface area contributed by atoms with Gasteiger partial charge < -0.3 is 56.7 Å². The number of carbonyl (C=O) groups is 2. The summed E-state index contributed by atoms with van der Waals surface area (Å²) in [5.74, 6) is -1.23. The minimum absolute atomic E-state index is 0.0223. The molecule has 304 valence electrons. The minimum Gasteiger partial charge on any atom is -0.452 e. The maximum absolute atomic E-state index is 13.0. The quantitative estimate of drug-likeness (QED) is 0.131. The summed E-state index contributed by atoms with van der Waals surface area (Å²) in [4.78, 5) is 25.7. The van der Waals surface area contributed by atoms with Gasteiger partial charge >= 0.3 is 27.1 Å². The molecule has 2 unspecified atom stereocenters. The Labute approximate surface area is 316 Å². The first-order valence-corrected chi connectivity index (χ1v) is 21.3. The van der Waals surface area contributed by atoms with Gasteiger partial charge in [-0.25, -0.2) is 9.59 Å². The van der Waals surface area contributed by atoms with Crippen LogP contribution in [0.4, 0.5) is 0 Å². The third-order valence-electron chi connectivity index (χ3n) is 8.23. The molecule has 0 aliphatic carbocycles. The molecule has 0 radical (unpaired) electrons. The molecule has 2 saturated heterocycles. The summed E-state index contributed by atoms with van der Waals surface area (Å²) in [5.41, 5.74) is 0.658. The lowest BCUT2D eigenvalue weighted by Crippen LogP contribution is -2.41. The number of benzene rings is 2. The fraction of sp³-hybridized carbons (Fsp3) is 0.611. The molecule has 0 aromatic heterocycles. The molecule has 2 aliphatic heterocycles. The molecule has 2 aliphatic rings. The number of hydrogen-bond acceptors (Lipinski definition) is 16. The van der Waals surface area contributed by atoms with E-state index >= 15 is 0 Å². The van der Waals surface area contributed by atoms with Crippen LogP contribution in [0.2, 0.25) is 0 Å². The normalized spacial score (nSPS) is 25.5. The first-order chi connectivity index (χ1) is 25.9. The largest absolute Gasteiger partial charge is 0.452 e. The van der Waals surface area contributed by atoms with Crippen LogP contribution in [0.1, 0.15) is 61.3 Å². The SMILES string of the molecule is CCOP(=O)(CC[C@H]1OC(OC)[C@H](O)[C@@H]1O)OCC.CCOP(=O)(CC[C@H]1OC(OC)[C@H](OC(=O)c2ccccc2)[C@@H]1OC(=O)c1ccccc1)OCC. The van der Waals surface area contributed by atoms with E-state index in [1.807, 2.05) is 0 Å². The van der Waals surface area contributed by atoms with Gasteiger partial charge in [-0.2, -0.15) is 0 Å². The van der Waals surface area contributed by atoms with Gasteiger partial charge in [-0.1, -0.05) is 36.4 Å². The Bertz CT molecular complexity index is 1480. The molecule has 4 rings (SSSR count).